The van der Waals surface area contributed by atoms with Gasteiger partial charge in [-0.05, 0) is 18.8 Å². The Hall–Kier alpha value is -0.660. The molecule has 3 N–H and O–H groups in total. The minimum Gasteiger partial charge on any atom is -0.343 e. The molecular weight excluding hydrogens is 266 g/mol. The molecule has 1 atom stereocenters. The van der Waals surface area contributed by atoms with E-state index in [4.69, 9.17) is 5.73 Å². The van der Waals surface area contributed by atoms with Crippen molar-refractivity contribution in [2.45, 2.75) is 45.2 Å². The molecule has 1 fully saturated rings. The first kappa shape index (κ1) is 16.4. The van der Waals surface area contributed by atoms with Crippen molar-refractivity contribution < 1.29 is 13.2 Å². The standard InChI is InChI=1S/C12H25N3O3S/c1-9(2)11(13)8-12(16)15-6-4-10(5-7-15)14-19(3,17)18/h9-11,14H,4-8,13H2,1-3H3. The molecule has 0 bridgehead atoms. The summed E-state index contributed by atoms with van der Waals surface area (Å²) < 4.78 is 24.8. The van der Waals surface area contributed by atoms with Crippen molar-refractivity contribution in [2.75, 3.05) is 19.3 Å². The van der Waals surface area contributed by atoms with Gasteiger partial charge in [0.25, 0.3) is 0 Å². The molecule has 7 heteroatoms. The first-order valence-electron chi connectivity index (χ1n) is 6.69. The summed E-state index contributed by atoms with van der Waals surface area (Å²) in [5.74, 6) is 0.354. The second-order valence-corrected chi connectivity index (χ2v) is 7.44. The van der Waals surface area contributed by atoms with Crippen LogP contribution in [0.1, 0.15) is 33.1 Å². The number of sulfonamides is 1. The van der Waals surface area contributed by atoms with Gasteiger partial charge in [-0.2, -0.15) is 0 Å². The second kappa shape index (κ2) is 6.67. The molecule has 6 nitrogen and oxygen atoms in total. The van der Waals surface area contributed by atoms with E-state index in [1.54, 1.807) is 4.90 Å². The third-order valence-electron chi connectivity index (χ3n) is 3.50. The molecule has 0 aromatic carbocycles. The van der Waals surface area contributed by atoms with Crippen LogP contribution in [0, 0.1) is 5.92 Å². The lowest BCUT2D eigenvalue weighted by atomic mass is 10.00. The molecule has 0 spiro atoms. The van der Waals surface area contributed by atoms with Crippen LogP contribution in [0.2, 0.25) is 0 Å². The average Bonchev–Trinajstić information content (AvgIpc) is 2.27. The molecule has 112 valence electrons. The zero-order chi connectivity index (χ0) is 14.6. The molecule has 1 aliphatic rings. The van der Waals surface area contributed by atoms with Crippen molar-refractivity contribution in [3.05, 3.63) is 0 Å². The average molecular weight is 291 g/mol. The van der Waals surface area contributed by atoms with Crippen LogP contribution >= 0.6 is 0 Å². The highest BCUT2D eigenvalue weighted by Gasteiger charge is 2.25. The third kappa shape index (κ3) is 5.88. The van der Waals surface area contributed by atoms with Gasteiger partial charge in [0, 0.05) is 31.6 Å². The Balaban J connectivity index is 2.39. The number of nitrogens with two attached hydrogens (primary N) is 1. The molecule has 19 heavy (non-hydrogen) atoms. The predicted octanol–water partition coefficient (Wildman–Crippen LogP) is -0.1000. The number of amides is 1. The van der Waals surface area contributed by atoms with Crippen LogP contribution in [-0.2, 0) is 14.8 Å². The Morgan fingerprint density at radius 2 is 1.89 bits per heavy atom. The number of hydrogen-bond donors (Lipinski definition) is 2. The highest BCUT2D eigenvalue weighted by atomic mass is 32.2. The molecule has 1 amide bonds. The van der Waals surface area contributed by atoms with E-state index in [0.717, 1.165) is 6.26 Å². The first-order chi connectivity index (χ1) is 8.69. The van der Waals surface area contributed by atoms with Crippen LogP contribution < -0.4 is 10.5 Å². The lowest BCUT2D eigenvalue weighted by Crippen LogP contribution is -2.47. The molecular formula is C12H25N3O3S. The maximum absolute atomic E-state index is 12.0. The number of carbonyl (C=O) groups excluding carboxylic acids is 1. The van der Waals surface area contributed by atoms with E-state index in [-0.39, 0.29) is 23.9 Å². The minimum atomic E-state index is -3.17. The number of rotatable bonds is 5. The lowest BCUT2D eigenvalue weighted by molar-refractivity contribution is -0.132. The third-order valence-corrected chi connectivity index (χ3v) is 4.26. The van der Waals surface area contributed by atoms with E-state index in [0.29, 0.717) is 32.4 Å². The summed E-state index contributed by atoms with van der Waals surface area (Å²) in [5, 5.41) is 0. The number of nitrogens with zero attached hydrogens (tertiary/aromatic N) is 1. The molecule has 0 aromatic rings. The topological polar surface area (TPSA) is 92.5 Å². The smallest absolute Gasteiger partial charge is 0.224 e. The Morgan fingerprint density at radius 1 is 1.37 bits per heavy atom. The number of nitrogens with one attached hydrogen (secondary N) is 1. The molecule has 1 heterocycles. The molecule has 0 aliphatic carbocycles. The molecule has 1 unspecified atom stereocenters. The zero-order valence-corrected chi connectivity index (χ0v) is 12.7. The van der Waals surface area contributed by atoms with E-state index in [1.165, 1.54) is 0 Å². The van der Waals surface area contributed by atoms with Gasteiger partial charge in [0.1, 0.15) is 0 Å². The van der Waals surface area contributed by atoms with E-state index in [2.05, 4.69) is 4.72 Å². The Bertz CT molecular complexity index is 400. The molecule has 0 saturated carbocycles. The highest BCUT2D eigenvalue weighted by molar-refractivity contribution is 7.88. The summed E-state index contributed by atoms with van der Waals surface area (Å²) in [6.07, 6.45) is 2.85. The summed E-state index contributed by atoms with van der Waals surface area (Å²) in [6, 6.07) is -0.169. The van der Waals surface area contributed by atoms with Crippen LogP contribution in [-0.4, -0.2) is 50.7 Å². The summed E-state index contributed by atoms with van der Waals surface area (Å²) in [4.78, 5) is 13.8. The van der Waals surface area contributed by atoms with Crippen molar-refractivity contribution in [3.63, 3.8) is 0 Å². The van der Waals surface area contributed by atoms with Crippen molar-refractivity contribution >= 4 is 15.9 Å². The Morgan fingerprint density at radius 3 is 2.32 bits per heavy atom. The fourth-order valence-electron chi connectivity index (χ4n) is 2.12. The number of piperidine rings is 1. The van der Waals surface area contributed by atoms with E-state index < -0.39 is 10.0 Å². The summed E-state index contributed by atoms with van der Waals surface area (Å²) >= 11 is 0. The fraction of sp³-hybridized carbons (Fsp3) is 0.917. The number of hydrogen-bond acceptors (Lipinski definition) is 4. The lowest BCUT2D eigenvalue weighted by Gasteiger charge is -2.33. The highest BCUT2D eigenvalue weighted by Crippen LogP contribution is 2.14. The van der Waals surface area contributed by atoms with Gasteiger partial charge < -0.3 is 10.6 Å². The Labute approximate surface area is 115 Å². The SMILES string of the molecule is CC(C)C(N)CC(=O)N1CCC(NS(C)(=O)=O)CC1. The van der Waals surface area contributed by atoms with Crippen molar-refractivity contribution in [3.8, 4) is 0 Å². The molecule has 1 aliphatic heterocycles. The first-order valence-corrected chi connectivity index (χ1v) is 8.59. The van der Waals surface area contributed by atoms with Gasteiger partial charge in [-0.1, -0.05) is 13.8 Å². The van der Waals surface area contributed by atoms with Gasteiger partial charge in [-0.15, -0.1) is 0 Å². The molecule has 1 saturated heterocycles. The molecule has 0 radical (unpaired) electrons. The maximum atomic E-state index is 12.0. The second-order valence-electron chi connectivity index (χ2n) is 5.66. The van der Waals surface area contributed by atoms with E-state index in [1.807, 2.05) is 13.8 Å². The van der Waals surface area contributed by atoms with E-state index in [9.17, 15) is 13.2 Å². The van der Waals surface area contributed by atoms with Crippen LogP contribution in [0.5, 0.6) is 0 Å². The zero-order valence-electron chi connectivity index (χ0n) is 11.9. The number of carbonyl (C=O) groups is 1. The van der Waals surface area contributed by atoms with Gasteiger partial charge >= 0.3 is 0 Å². The maximum Gasteiger partial charge on any atom is 0.224 e. The van der Waals surface area contributed by atoms with Crippen LogP contribution in [0.4, 0.5) is 0 Å². The minimum absolute atomic E-state index is 0.0576. The predicted molar refractivity (Wildman–Crippen MR) is 75.0 cm³/mol. The largest absolute Gasteiger partial charge is 0.343 e. The summed E-state index contributed by atoms with van der Waals surface area (Å²) in [7, 11) is -3.17. The van der Waals surface area contributed by atoms with Gasteiger partial charge in [0.2, 0.25) is 15.9 Å². The normalized spacial score (nSPS) is 19.7. The van der Waals surface area contributed by atoms with Crippen LogP contribution in [0.15, 0.2) is 0 Å². The molecule has 0 aromatic heterocycles. The van der Waals surface area contributed by atoms with Gasteiger partial charge in [0.05, 0.1) is 6.26 Å². The van der Waals surface area contributed by atoms with Crippen molar-refractivity contribution in [1.29, 1.82) is 0 Å². The fourth-order valence-corrected chi connectivity index (χ4v) is 2.96. The van der Waals surface area contributed by atoms with Gasteiger partial charge in [-0.3, -0.25) is 4.79 Å². The van der Waals surface area contributed by atoms with Crippen molar-refractivity contribution in [2.24, 2.45) is 11.7 Å². The van der Waals surface area contributed by atoms with Crippen molar-refractivity contribution in [1.82, 2.24) is 9.62 Å². The summed E-state index contributed by atoms with van der Waals surface area (Å²) in [5.41, 5.74) is 5.90. The quantitative estimate of drug-likeness (QED) is 0.740. The van der Waals surface area contributed by atoms with Gasteiger partial charge in [-0.25, -0.2) is 13.1 Å². The van der Waals surface area contributed by atoms with Crippen LogP contribution in [0.25, 0.3) is 0 Å². The number of likely N-dealkylation sites (tertiary alicyclic amines) is 1. The monoisotopic (exact) mass is 291 g/mol. The Kier molecular flexibility index (Phi) is 5.76. The van der Waals surface area contributed by atoms with Gasteiger partial charge in [0.15, 0.2) is 0 Å². The summed E-state index contributed by atoms with van der Waals surface area (Å²) in [6.45, 7) is 5.19. The molecule has 1 rings (SSSR count). The van der Waals surface area contributed by atoms with E-state index >= 15 is 0 Å². The van der Waals surface area contributed by atoms with Crippen LogP contribution in [0.3, 0.4) is 0 Å².